The molecule has 0 bridgehead atoms. The molecule has 1 fully saturated rings. The average molecular weight is 222 g/mol. The van der Waals surface area contributed by atoms with E-state index in [1.165, 1.54) is 18.2 Å². The highest BCUT2D eigenvalue weighted by atomic mass is 19.1. The first-order valence-electron chi connectivity index (χ1n) is 5.39. The van der Waals surface area contributed by atoms with Crippen molar-refractivity contribution in [3.8, 4) is 0 Å². The monoisotopic (exact) mass is 222 g/mol. The van der Waals surface area contributed by atoms with Crippen LogP contribution in [0.5, 0.6) is 0 Å². The van der Waals surface area contributed by atoms with Crippen molar-refractivity contribution in [1.82, 2.24) is 5.32 Å². The summed E-state index contributed by atoms with van der Waals surface area (Å²) in [5.41, 5.74) is 6.06. The molecule has 0 heterocycles. The summed E-state index contributed by atoms with van der Waals surface area (Å²) in [6, 6.07) is 5.68. The average Bonchev–Trinajstić information content (AvgIpc) is 3.07. The Morgan fingerprint density at radius 1 is 1.50 bits per heavy atom. The Morgan fingerprint density at radius 3 is 2.81 bits per heavy atom. The van der Waals surface area contributed by atoms with E-state index >= 15 is 0 Å². The van der Waals surface area contributed by atoms with Crippen LogP contribution in [0.1, 0.15) is 23.2 Å². The standard InChI is InChI=1S/C12H15FN2O/c13-10-3-1-2-9(6-10)11(16)15-8-12(7-14)4-5-12/h1-3,6H,4-5,7-8,14H2,(H,15,16). The molecule has 1 saturated carbocycles. The largest absolute Gasteiger partial charge is 0.351 e. The Kier molecular flexibility index (Phi) is 2.92. The van der Waals surface area contributed by atoms with E-state index in [0.717, 1.165) is 12.8 Å². The summed E-state index contributed by atoms with van der Waals surface area (Å²) in [6.45, 7) is 1.18. The number of carbonyl (C=O) groups is 1. The van der Waals surface area contributed by atoms with Gasteiger partial charge in [0.15, 0.2) is 0 Å². The second-order valence-electron chi connectivity index (χ2n) is 4.40. The topological polar surface area (TPSA) is 55.1 Å². The Hall–Kier alpha value is -1.42. The van der Waals surface area contributed by atoms with Crippen molar-refractivity contribution in [2.45, 2.75) is 12.8 Å². The number of amides is 1. The van der Waals surface area contributed by atoms with Crippen LogP contribution in [-0.4, -0.2) is 19.0 Å². The molecule has 3 N–H and O–H groups in total. The van der Waals surface area contributed by atoms with Crippen molar-refractivity contribution in [3.63, 3.8) is 0 Å². The van der Waals surface area contributed by atoms with Crippen LogP contribution in [0, 0.1) is 11.2 Å². The molecule has 0 atom stereocenters. The number of rotatable bonds is 4. The lowest BCUT2D eigenvalue weighted by atomic mass is 10.1. The minimum Gasteiger partial charge on any atom is -0.351 e. The van der Waals surface area contributed by atoms with E-state index < -0.39 is 5.82 Å². The molecule has 0 radical (unpaired) electrons. The molecule has 86 valence electrons. The molecule has 0 aliphatic heterocycles. The fourth-order valence-electron chi connectivity index (χ4n) is 1.63. The van der Waals surface area contributed by atoms with E-state index in [2.05, 4.69) is 5.32 Å². The Bertz CT molecular complexity index is 402. The second-order valence-corrected chi connectivity index (χ2v) is 4.40. The summed E-state index contributed by atoms with van der Waals surface area (Å²) in [6.07, 6.45) is 2.12. The molecule has 0 saturated heterocycles. The number of carbonyl (C=O) groups excluding carboxylic acids is 1. The normalized spacial score (nSPS) is 16.9. The predicted molar refractivity (Wildman–Crippen MR) is 59.5 cm³/mol. The van der Waals surface area contributed by atoms with E-state index in [0.29, 0.717) is 18.7 Å². The Morgan fingerprint density at radius 2 is 2.25 bits per heavy atom. The molecule has 0 spiro atoms. The van der Waals surface area contributed by atoms with Gasteiger partial charge in [-0.2, -0.15) is 0 Å². The molecule has 1 aromatic carbocycles. The van der Waals surface area contributed by atoms with Crippen molar-refractivity contribution in [2.24, 2.45) is 11.1 Å². The van der Waals surface area contributed by atoms with Crippen LogP contribution in [0.2, 0.25) is 0 Å². The van der Waals surface area contributed by atoms with Gasteiger partial charge in [-0.1, -0.05) is 6.07 Å². The lowest BCUT2D eigenvalue weighted by Crippen LogP contribution is -2.33. The SMILES string of the molecule is NCC1(CNC(=O)c2cccc(F)c2)CC1. The number of nitrogens with one attached hydrogen (secondary N) is 1. The lowest BCUT2D eigenvalue weighted by Gasteiger charge is -2.13. The summed E-state index contributed by atoms with van der Waals surface area (Å²) in [5, 5.41) is 2.79. The summed E-state index contributed by atoms with van der Waals surface area (Å²) in [7, 11) is 0. The molecule has 1 aliphatic carbocycles. The van der Waals surface area contributed by atoms with Crippen LogP contribution in [0.4, 0.5) is 4.39 Å². The zero-order valence-corrected chi connectivity index (χ0v) is 9.00. The van der Waals surface area contributed by atoms with Gasteiger partial charge < -0.3 is 11.1 Å². The highest BCUT2D eigenvalue weighted by Gasteiger charge is 2.41. The second kappa shape index (κ2) is 4.22. The third kappa shape index (κ3) is 2.39. The molecule has 1 aromatic rings. The van der Waals surface area contributed by atoms with Gasteiger partial charge in [0.05, 0.1) is 0 Å². The molecule has 4 heteroatoms. The van der Waals surface area contributed by atoms with Crippen LogP contribution < -0.4 is 11.1 Å². The summed E-state index contributed by atoms with van der Waals surface area (Å²) in [5.74, 6) is -0.633. The van der Waals surface area contributed by atoms with E-state index in [4.69, 9.17) is 5.73 Å². The van der Waals surface area contributed by atoms with Gasteiger partial charge in [0.25, 0.3) is 5.91 Å². The molecule has 0 aromatic heterocycles. The van der Waals surface area contributed by atoms with Crippen LogP contribution in [0.3, 0.4) is 0 Å². The Balaban J connectivity index is 1.93. The van der Waals surface area contributed by atoms with E-state index in [9.17, 15) is 9.18 Å². The van der Waals surface area contributed by atoms with Crippen molar-refractivity contribution < 1.29 is 9.18 Å². The van der Waals surface area contributed by atoms with Crippen molar-refractivity contribution >= 4 is 5.91 Å². The maximum absolute atomic E-state index is 12.9. The fraction of sp³-hybridized carbons (Fsp3) is 0.417. The zero-order valence-electron chi connectivity index (χ0n) is 9.00. The number of nitrogens with two attached hydrogens (primary N) is 1. The molecule has 3 nitrogen and oxygen atoms in total. The van der Waals surface area contributed by atoms with E-state index in [1.807, 2.05) is 0 Å². The summed E-state index contributed by atoms with van der Waals surface area (Å²) >= 11 is 0. The number of halogens is 1. The first-order valence-corrected chi connectivity index (χ1v) is 5.39. The minimum absolute atomic E-state index is 0.100. The van der Waals surface area contributed by atoms with Gasteiger partial charge in [0.1, 0.15) is 5.82 Å². The molecule has 1 amide bonds. The van der Waals surface area contributed by atoms with Crippen molar-refractivity contribution in [3.05, 3.63) is 35.6 Å². The molecule has 1 aliphatic rings. The third-order valence-corrected chi connectivity index (χ3v) is 3.10. The number of hydrogen-bond acceptors (Lipinski definition) is 2. The van der Waals surface area contributed by atoms with E-state index in [-0.39, 0.29) is 11.3 Å². The van der Waals surface area contributed by atoms with Crippen molar-refractivity contribution in [1.29, 1.82) is 0 Å². The number of benzene rings is 1. The van der Waals surface area contributed by atoms with Gasteiger partial charge in [0.2, 0.25) is 0 Å². The third-order valence-electron chi connectivity index (χ3n) is 3.10. The first kappa shape index (κ1) is 11.1. The van der Waals surface area contributed by atoms with Crippen LogP contribution in [0.15, 0.2) is 24.3 Å². The highest BCUT2D eigenvalue weighted by molar-refractivity contribution is 5.94. The van der Waals surface area contributed by atoms with Crippen LogP contribution >= 0.6 is 0 Å². The van der Waals surface area contributed by atoms with Crippen LogP contribution in [0.25, 0.3) is 0 Å². The van der Waals surface area contributed by atoms with Gasteiger partial charge in [0, 0.05) is 17.5 Å². The van der Waals surface area contributed by atoms with Gasteiger partial charge in [-0.05, 0) is 37.6 Å². The maximum Gasteiger partial charge on any atom is 0.251 e. The Labute approximate surface area is 93.8 Å². The molecular formula is C12H15FN2O. The summed E-state index contributed by atoms with van der Waals surface area (Å²) < 4.78 is 12.9. The predicted octanol–water partition coefficient (Wildman–Crippen LogP) is 1.29. The van der Waals surface area contributed by atoms with Crippen LogP contribution in [-0.2, 0) is 0 Å². The molecule has 0 unspecified atom stereocenters. The maximum atomic E-state index is 12.9. The number of hydrogen-bond donors (Lipinski definition) is 2. The summed E-state index contributed by atoms with van der Waals surface area (Å²) in [4.78, 5) is 11.7. The molecule has 16 heavy (non-hydrogen) atoms. The smallest absolute Gasteiger partial charge is 0.251 e. The highest BCUT2D eigenvalue weighted by Crippen LogP contribution is 2.43. The fourth-order valence-corrected chi connectivity index (χ4v) is 1.63. The molecular weight excluding hydrogens is 207 g/mol. The quantitative estimate of drug-likeness (QED) is 0.806. The van der Waals surface area contributed by atoms with Gasteiger partial charge in [-0.15, -0.1) is 0 Å². The molecule has 2 rings (SSSR count). The zero-order chi connectivity index (χ0) is 11.6. The van der Waals surface area contributed by atoms with Gasteiger partial charge in [-0.3, -0.25) is 4.79 Å². The van der Waals surface area contributed by atoms with Gasteiger partial charge in [-0.25, -0.2) is 4.39 Å². The van der Waals surface area contributed by atoms with Crippen molar-refractivity contribution in [2.75, 3.05) is 13.1 Å². The first-order chi connectivity index (χ1) is 7.65. The van der Waals surface area contributed by atoms with Gasteiger partial charge >= 0.3 is 0 Å². The van der Waals surface area contributed by atoms with E-state index in [1.54, 1.807) is 6.07 Å². The minimum atomic E-state index is -0.396. The lowest BCUT2D eigenvalue weighted by molar-refractivity contribution is 0.0945.